The standard InChI is InChI=1S/C7H10N3OSe/c1-8-3-2-5-4-9-7(12)10-6(5)11/h4,8H,2-3H2,1H3,(H,9,10,11). The van der Waals surface area contributed by atoms with E-state index in [1.54, 1.807) is 6.20 Å². The van der Waals surface area contributed by atoms with Gasteiger partial charge in [-0.2, -0.15) is 0 Å². The molecule has 0 bridgehead atoms. The van der Waals surface area contributed by atoms with Crippen LogP contribution in [0.5, 0.6) is 0 Å². The molecule has 65 valence electrons. The van der Waals surface area contributed by atoms with Crippen molar-refractivity contribution < 1.29 is 0 Å². The van der Waals surface area contributed by atoms with Crippen LogP contribution in [0.25, 0.3) is 0 Å². The molecule has 5 heteroatoms. The molecule has 0 saturated heterocycles. The van der Waals surface area contributed by atoms with Crippen LogP contribution in [0, 0.1) is 0 Å². The topological polar surface area (TPSA) is 57.8 Å². The number of rotatable bonds is 3. The summed E-state index contributed by atoms with van der Waals surface area (Å²) in [5.74, 6) is 0. The molecular formula is C7H10N3OSe. The molecule has 1 heterocycles. The minimum atomic E-state index is -0.0611. The third-order valence-electron chi connectivity index (χ3n) is 1.49. The van der Waals surface area contributed by atoms with Crippen LogP contribution < -0.4 is 15.6 Å². The van der Waals surface area contributed by atoms with Gasteiger partial charge in [0, 0.05) is 0 Å². The molecule has 0 saturated carbocycles. The van der Waals surface area contributed by atoms with Gasteiger partial charge in [0.1, 0.15) is 0 Å². The molecule has 0 fully saturated rings. The molecule has 1 rings (SSSR count). The number of aromatic amines is 1. The second-order valence-electron chi connectivity index (χ2n) is 2.40. The molecule has 0 aliphatic heterocycles. The number of likely N-dealkylation sites (N-methyl/N-ethyl adjacent to an activating group) is 1. The van der Waals surface area contributed by atoms with Gasteiger partial charge in [0.15, 0.2) is 0 Å². The molecule has 1 aromatic rings. The average Bonchev–Trinajstić information content (AvgIpc) is 2.03. The Hall–Kier alpha value is -0.641. The Kier molecular flexibility index (Phi) is 3.46. The predicted molar refractivity (Wildman–Crippen MR) is 47.9 cm³/mol. The summed E-state index contributed by atoms with van der Waals surface area (Å²) in [6.07, 6.45) is 2.31. The molecular weight excluding hydrogens is 221 g/mol. The third kappa shape index (κ3) is 2.44. The van der Waals surface area contributed by atoms with Crippen molar-refractivity contribution in [2.45, 2.75) is 6.42 Å². The second kappa shape index (κ2) is 4.40. The van der Waals surface area contributed by atoms with E-state index in [2.05, 4.69) is 31.3 Å². The number of nitrogens with zero attached hydrogens (tertiary/aromatic N) is 1. The van der Waals surface area contributed by atoms with Crippen LogP contribution in [0.4, 0.5) is 0 Å². The van der Waals surface area contributed by atoms with Gasteiger partial charge < -0.3 is 0 Å². The molecule has 2 N–H and O–H groups in total. The van der Waals surface area contributed by atoms with E-state index < -0.39 is 0 Å². The zero-order valence-electron chi connectivity index (χ0n) is 6.76. The van der Waals surface area contributed by atoms with Crippen LogP contribution >= 0.6 is 0 Å². The van der Waals surface area contributed by atoms with Crippen molar-refractivity contribution in [1.82, 2.24) is 15.3 Å². The Morgan fingerprint density at radius 2 is 2.50 bits per heavy atom. The summed E-state index contributed by atoms with van der Waals surface area (Å²) < 4.78 is 0.535. The van der Waals surface area contributed by atoms with Crippen molar-refractivity contribution in [1.29, 1.82) is 0 Å². The monoisotopic (exact) mass is 232 g/mol. The van der Waals surface area contributed by atoms with Crippen molar-refractivity contribution in [3.8, 4) is 0 Å². The zero-order valence-corrected chi connectivity index (χ0v) is 8.47. The van der Waals surface area contributed by atoms with Gasteiger partial charge in [-0.3, -0.25) is 0 Å². The predicted octanol–water partition coefficient (Wildman–Crippen LogP) is -1.67. The summed E-state index contributed by atoms with van der Waals surface area (Å²) in [6.45, 7) is 0.789. The van der Waals surface area contributed by atoms with Gasteiger partial charge in [-0.25, -0.2) is 0 Å². The van der Waals surface area contributed by atoms with Crippen LogP contribution in [-0.4, -0.2) is 39.6 Å². The van der Waals surface area contributed by atoms with Crippen molar-refractivity contribution in [2.24, 2.45) is 0 Å². The van der Waals surface area contributed by atoms with Crippen molar-refractivity contribution in [3.05, 3.63) is 22.1 Å². The van der Waals surface area contributed by atoms with Crippen LogP contribution in [0.1, 0.15) is 5.56 Å². The molecule has 4 nitrogen and oxygen atoms in total. The number of nitrogens with one attached hydrogen (secondary N) is 2. The fourth-order valence-corrected chi connectivity index (χ4v) is 1.15. The third-order valence-corrected chi connectivity index (χ3v) is 1.93. The van der Waals surface area contributed by atoms with Crippen LogP contribution in [0.3, 0.4) is 0 Å². The van der Waals surface area contributed by atoms with Crippen molar-refractivity contribution in [3.63, 3.8) is 0 Å². The molecule has 0 unspecified atom stereocenters. The Labute approximate surface area is 78.6 Å². The molecule has 1 radical (unpaired) electrons. The molecule has 0 aliphatic rings. The second-order valence-corrected chi connectivity index (χ2v) is 3.21. The van der Waals surface area contributed by atoms with E-state index in [9.17, 15) is 4.79 Å². The van der Waals surface area contributed by atoms with E-state index in [1.807, 2.05) is 7.05 Å². The van der Waals surface area contributed by atoms with Crippen LogP contribution in [0.15, 0.2) is 11.0 Å². The summed E-state index contributed by atoms with van der Waals surface area (Å²) in [5, 5.41) is 2.97. The van der Waals surface area contributed by atoms with Crippen molar-refractivity contribution in [2.75, 3.05) is 13.6 Å². The van der Waals surface area contributed by atoms with Crippen molar-refractivity contribution >= 4 is 20.7 Å². The summed E-state index contributed by atoms with van der Waals surface area (Å²) in [7, 11) is 1.85. The maximum absolute atomic E-state index is 11.2. The molecule has 0 amide bonds. The number of H-pyrrole nitrogens is 1. The van der Waals surface area contributed by atoms with Gasteiger partial charge in [0.2, 0.25) is 0 Å². The fraction of sp³-hybridized carbons (Fsp3) is 0.429. The van der Waals surface area contributed by atoms with E-state index in [0.29, 0.717) is 16.7 Å². The Balaban J connectivity index is 2.80. The first-order valence-electron chi connectivity index (χ1n) is 3.64. The van der Waals surface area contributed by atoms with E-state index in [1.165, 1.54) is 0 Å². The van der Waals surface area contributed by atoms with Gasteiger partial charge in [-0.05, 0) is 0 Å². The van der Waals surface area contributed by atoms with E-state index in [0.717, 1.165) is 6.54 Å². The van der Waals surface area contributed by atoms with Crippen LogP contribution in [0.2, 0.25) is 0 Å². The molecule has 0 atom stereocenters. The van der Waals surface area contributed by atoms with Gasteiger partial charge in [0.05, 0.1) is 0 Å². The molecule has 0 aliphatic carbocycles. The van der Waals surface area contributed by atoms with E-state index in [4.69, 9.17) is 0 Å². The number of aromatic nitrogens is 2. The average molecular weight is 231 g/mol. The maximum atomic E-state index is 11.2. The van der Waals surface area contributed by atoms with E-state index in [-0.39, 0.29) is 5.56 Å². The quantitative estimate of drug-likeness (QED) is 0.611. The Bertz CT molecular complexity index is 310. The van der Waals surface area contributed by atoms with Crippen LogP contribution in [-0.2, 0) is 6.42 Å². The Morgan fingerprint density at radius 1 is 1.75 bits per heavy atom. The first-order chi connectivity index (χ1) is 5.74. The summed E-state index contributed by atoms with van der Waals surface area (Å²) in [4.78, 5) is 17.8. The summed E-state index contributed by atoms with van der Waals surface area (Å²) >= 11 is 2.64. The Morgan fingerprint density at radius 3 is 3.08 bits per heavy atom. The van der Waals surface area contributed by atoms with E-state index >= 15 is 0 Å². The summed E-state index contributed by atoms with van der Waals surface area (Å²) in [6, 6.07) is 0. The number of hydrogen-bond donors (Lipinski definition) is 2. The van der Waals surface area contributed by atoms with Gasteiger partial charge in [-0.15, -0.1) is 0 Å². The SMILES string of the molecule is CNCCc1cnc([Se])[nH]c1=O. The summed E-state index contributed by atoms with van der Waals surface area (Å²) in [5.41, 5.74) is 0.650. The normalized spacial score (nSPS) is 10.1. The molecule has 0 spiro atoms. The number of hydrogen-bond acceptors (Lipinski definition) is 3. The first-order valence-corrected chi connectivity index (χ1v) is 4.49. The molecule has 1 aromatic heterocycles. The fourth-order valence-electron chi connectivity index (χ4n) is 0.843. The van der Waals surface area contributed by atoms with Gasteiger partial charge >= 0.3 is 78.1 Å². The minimum absolute atomic E-state index is 0.0611. The molecule has 0 aromatic carbocycles. The van der Waals surface area contributed by atoms with Gasteiger partial charge in [-0.1, -0.05) is 0 Å². The molecule has 12 heavy (non-hydrogen) atoms. The zero-order chi connectivity index (χ0) is 8.97. The first kappa shape index (κ1) is 9.45. The van der Waals surface area contributed by atoms with Gasteiger partial charge in [0.25, 0.3) is 0 Å².